The van der Waals surface area contributed by atoms with Gasteiger partial charge in [-0.2, -0.15) is 4.31 Å². The summed E-state index contributed by atoms with van der Waals surface area (Å²) in [7, 11) is -3.20. The number of pyridine rings is 1. The molecule has 1 aliphatic heterocycles. The van der Waals surface area contributed by atoms with E-state index in [-0.39, 0.29) is 5.75 Å². The van der Waals surface area contributed by atoms with E-state index < -0.39 is 10.0 Å². The van der Waals surface area contributed by atoms with Gasteiger partial charge in [0.1, 0.15) is 11.5 Å². The molecule has 0 saturated heterocycles. The Morgan fingerprint density at radius 1 is 1.12 bits per heavy atom. The molecule has 2 aromatic heterocycles. The smallest absolute Gasteiger partial charge is 0.232 e. The number of anilines is 2. The summed E-state index contributed by atoms with van der Waals surface area (Å²) < 4.78 is 31.5. The predicted molar refractivity (Wildman–Crippen MR) is 124 cm³/mol. The monoisotopic (exact) mass is 453 g/mol. The molecule has 8 nitrogen and oxygen atoms in total. The van der Waals surface area contributed by atoms with E-state index in [1.165, 1.54) is 0 Å². The van der Waals surface area contributed by atoms with Crippen molar-refractivity contribution in [1.29, 1.82) is 0 Å². The van der Waals surface area contributed by atoms with Gasteiger partial charge in [-0.25, -0.2) is 23.4 Å². The lowest BCUT2D eigenvalue weighted by Crippen LogP contribution is -2.37. The van der Waals surface area contributed by atoms with Crippen molar-refractivity contribution in [3.63, 3.8) is 0 Å². The molecular weight excluding hydrogens is 426 g/mol. The maximum atomic E-state index is 12.3. The van der Waals surface area contributed by atoms with Crippen LogP contribution in [0.3, 0.4) is 0 Å². The van der Waals surface area contributed by atoms with Gasteiger partial charge in [-0.1, -0.05) is 18.2 Å². The van der Waals surface area contributed by atoms with Crippen molar-refractivity contribution in [3.8, 4) is 17.3 Å². The average Bonchev–Trinajstić information content (AvgIpc) is 2.81. The summed E-state index contributed by atoms with van der Waals surface area (Å²) in [4.78, 5) is 13.5. The molecule has 1 aliphatic rings. The number of ether oxygens (including phenoxy) is 1. The molecule has 0 aliphatic carbocycles. The van der Waals surface area contributed by atoms with E-state index in [1.54, 1.807) is 23.6 Å². The third kappa shape index (κ3) is 4.58. The first-order valence-electron chi connectivity index (χ1n) is 10.7. The Morgan fingerprint density at radius 2 is 1.97 bits per heavy atom. The summed E-state index contributed by atoms with van der Waals surface area (Å²) in [5.41, 5.74) is 5.49. The summed E-state index contributed by atoms with van der Waals surface area (Å²) in [5, 5.41) is 3.42. The maximum absolute atomic E-state index is 12.3. The molecule has 0 spiro atoms. The Labute approximate surface area is 188 Å². The van der Waals surface area contributed by atoms with E-state index in [2.05, 4.69) is 15.3 Å². The number of aromatic nitrogens is 3. The molecule has 0 fully saturated rings. The first-order valence-corrected chi connectivity index (χ1v) is 12.3. The van der Waals surface area contributed by atoms with Crippen LogP contribution < -0.4 is 10.1 Å². The van der Waals surface area contributed by atoms with Gasteiger partial charge in [0.05, 0.1) is 30.4 Å². The van der Waals surface area contributed by atoms with Crippen LogP contribution in [0.4, 0.5) is 11.5 Å². The molecule has 0 bridgehead atoms. The standard InChI is InChI=1S/C23H27N5O3S/c1-4-31-22-14-24-20(13-25-22)23-16(3)9-10-21(27-23)26-19-8-6-7-17-15-28(12-11-18(17)19)32(29,30)5-2/h6-10,13-14H,4-5,11-12,15H2,1-3H3,(H,26,27). The van der Waals surface area contributed by atoms with E-state index in [4.69, 9.17) is 9.72 Å². The van der Waals surface area contributed by atoms with Gasteiger partial charge < -0.3 is 10.1 Å². The van der Waals surface area contributed by atoms with E-state index >= 15 is 0 Å². The zero-order valence-electron chi connectivity index (χ0n) is 18.5. The lowest BCUT2D eigenvalue weighted by atomic mass is 9.99. The Kier molecular flexibility index (Phi) is 6.38. The van der Waals surface area contributed by atoms with Gasteiger partial charge >= 0.3 is 0 Å². The first kappa shape index (κ1) is 22.2. The third-order valence-electron chi connectivity index (χ3n) is 5.51. The molecule has 3 heterocycles. The van der Waals surface area contributed by atoms with Gasteiger partial charge in [-0.3, -0.25) is 0 Å². The van der Waals surface area contributed by atoms with Crippen LogP contribution in [0.15, 0.2) is 42.7 Å². The van der Waals surface area contributed by atoms with Crippen molar-refractivity contribution in [2.75, 3.05) is 24.2 Å². The van der Waals surface area contributed by atoms with Gasteiger partial charge in [-0.15, -0.1) is 0 Å². The summed E-state index contributed by atoms with van der Waals surface area (Å²) in [6.07, 6.45) is 3.92. The fourth-order valence-corrected chi connectivity index (χ4v) is 4.85. The van der Waals surface area contributed by atoms with E-state index in [1.807, 2.05) is 44.2 Å². The zero-order chi connectivity index (χ0) is 22.7. The van der Waals surface area contributed by atoms with Crippen LogP contribution in [0.5, 0.6) is 5.88 Å². The lowest BCUT2D eigenvalue weighted by molar-refractivity contribution is 0.325. The summed E-state index contributed by atoms with van der Waals surface area (Å²) in [6, 6.07) is 9.85. The average molecular weight is 454 g/mol. The van der Waals surface area contributed by atoms with E-state index in [0.29, 0.717) is 43.5 Å². The molecule has 1 aromatic carbocycles. The normalized spacial score (nSPS) is 14.1. The minimum absolute atomic E-state index is 0.116. The van der Waals surface area contributed by atoms with Crippen LogP contribution in [0.1, 0.15) is 30.5 Å². The van der Waals surface area contributed by atoms with Crippen LogP contribution in [0.25, 0.3) is 11.4 Å². The molecule has 168 valence electrons. The molecule has 9 heteroatoms. The summed E-state index contributed by atoms with van der Waals surface area (Å²) in [5.74, 6) is 1.29. The van der Waals surface area contributed by atoms with Gasteiger partial charge in [-0.05, 0) is 56.0 Å². The number of aryl methyl sites for hydroxylation is 1. The highest BCUT2D eigenvalue weighted by Gasteiger charge is 2.26. The molecule has 0 radical (unpaired) electrons. The molecule has 1 N–H and O–H groups in total. The van der Waals surface area contributed by atoms with Gasteiger partial charge in [0.15, 0.2) is 0 Å². The van der Waals surface area contributed by atoms with E-state index in [0.717, 1.165) is 28.1 Å². The van der Waals surface area contributed by atoms with Crippen LogP contribution >= 0.6 is 0 Å². The Bertz CT molecular complexity index is 1210. The molecule has 0 unspecified atom stereocenters. The number of sulfonamides is 1. The van der Waals surface area contributed by atoms with Gasteiger partial charge in [0, 0.05) is 18.8 Å². The van der Waals surface area contributed by atoms with Crippen LogP contribution in [-0.2, 0) is 23.0 Å². The quantitative estimate of drug-likeness (QED) is 0.582. The highest BCUT2D eigenvalue weighted by atomic mass is 32.2. The fourth-order valence-electron chi connectivity index (χ4n) is 3.78. The van der Waals surface area contributed by atoms with Gasteiger partial charge in [0.2, 0.25) is 15.9 Å². The highest BCUT2D eigenvalue weighted by Crippen LogP contribution is 2.30. The van der Waals surface area contributed by atoms with Crippen LogP contribution in [-0.4, -0.2) is 46.6 Å². The SMILES string of the molecule is CCOc1cnc(-c2nc(Nc3cccc4c3CCN(S(=O)(=O)CC)C4)ccc2C)cn1. The molecule has 32 heavy (non-hydrogen) atoms. The zero-order valence-corrected chi connectivity index (χ0v) is 19.3. The second kappa shape index (κ2) is 9.22. The Hall–Kier alpha value is -3.04. The summed E-state index contributed by atoms with van der Waals surface area (Å²) >= 11 is 0. The molecule has 0 atom stereocenters. The number of benzene rings is 1. The topological polar surface area (TPSA) is 97.3 Å². The maximum Gasteiger partial charge on any atom is 0.232 e. The minimum Gasteiger partial charge on any atom is -0.477 e. The molecular formula is C23H27N5O3S. The lowest BCUT2D eigenvalue weighted by Gasteiger charge is -2.29. The fraction of sp³-hybridized carbons (Fsp3) is 0.348. The van der Waals surface area contributed by atoms with Crippen molar-refractivity contribution >= 4 is 21.5 Å². The van der Waals surface area contributed by atoms with Crippen molar-refractivity contribution in [3.05, 3.63) is 59.4 Å². The molecule has 0 saturated carbocycles. The number of fused-ring (bicyclic) bond motifs is 1. The number of hydrogen-bond acceptors (Lipinski definition) is 7. The molecule has 3 aromatic rings. The second-order valence-corrected chi connectivity index (χ2v) is 9.84. The van der Waals surface area contributed by atoms with Crippen LogP contribution in [0, 0.1) is 6.92 Å². The Morgan fingerprint density at radius 3 is 2.69 bits per heavy atom. The van der Waals surface area contributed by atoms with Crippen LogP contribution in [0.2, 0.25) is 0 Å². The first-order chi connectivity index (χ1) is 15.4. The number of hydrogen-bond donors (Lipinski definition) is 1. The van der Waals surface area contributed by atoms with E-state index in [9.17, 15) is 8.42 Å². The number of rotatable bonds is 7. The van der Waals surface area contributed by atoms with Crippen molar-refractivity contribution < 1.29 is 13.2 Å². The van der Waals surface area contributed by atoms with Crippen molar-refractivity contribution in [2.24, 2.45) is 0 Å². The predicted octanol–water partition coefficient (Wildman–Crippen LogP) is 3.70. The van der Waals surface area contributed by atoms with Gasteiger partial charge in [0.25, 0.3) is 0 Å². The number of nitrogens with one attached hydrogen (secondary N) is 1. The molecule has 4 rings (SSSR count). The second-order valence-electron chi connectivity index (χ2n) is 7.59. The summed E-state index contributed by atoms with van der Waals surface area (Å²) in [6.45, 7) is 6.98. The Balaban J connectivity index is 1.59. The largest absolute Gasteiger partial charge is 0.477 e. The minimum atomic E-state index is -3.20. The molecule has 0 amide bonds. The number of nitrogens with zero attached hydrogens (tertiary/aromatic N) is 4. The highest BCUT2D eigenvalue weighted by molar-refractivity contribution is 7.89. The third-order valence-corrected chi connectivity index (χ3v) is 7.34. The van der Waals surface area contributed by atoms with Crippen molar-refractivity contribution in [2.45, 2.75) is 33.7 Å². The van der Waals surface area contributed by atoms with Crippen molar-refractivity contribution in [1.82, 2.24) is 19.3 Å².